The highest BCUT2D eigenvalue weighted by molar-refractivity contribution is 5.67. The van der Waals surface area contributed by atoms with Crippen LogP contribution in [-0.2, 0) is 11.3 Å². The SMILES string of the molecule is CC1=C(C=Cc2cc(C=CC3=C(C)CCCC3(C)C)n(CC(=O)O)n2)C(C)(C)CCC1. The first-order valence-corrected chi connectivity index (χ1v) is 11.6. The van der Waals surface area contributed by atoms with Crippen LogP contribution in [0.1, 0.15) is 91.5 Å². The molecule has 1 aromatic heterocycles. The molecule has 0 aromatic carbocycles. The van der Waals surface area contributed by atoms with Gasteiger partial charge in [0, 0.05) is 0 Å². The molecule has 0 bridgehead atoms. The van der Waals surface area contributed by atoms with Crippen molar-refractivity contribution in [3.63, 3.8) is 0 Å². The van der Waals surface area contributed by atoms with Gasteiger partial charge in [0.25, 0.3) is 0 Å². The van der Waals surface area contributed by atoms with Gasteiger partial charge in [-0.25, -0.2) is 0 Å². The number of aliphatic carboxylic acids is 1. The van der Waals surface area contributed by atoms with Crippen molar-refractivity contribution in [1.82, 2.24) is 9.78 Å². The van der Waals surface area contributed by atoms with Gasteiger partial charge in [-0.05, 0) is 92.6 Å². The number of nitrogens with zero attached hydrogens (tertiary/aromatic N) is 2. The molecular weight excluding hydrogens is 384 g/mol. The maximum absolute atomic E-state index is 11.4. The van der Waals surface area contributed by atoms with Crippen LogP contribution in [-0.4, -0.2) is 20.9 Å². The van der Waals surface area contributed by atoms with Gasteiger partial charge in [-0.15, -0.1) is 0 Å². The van der Waals surface area contributed by atoms with Crippen molar-refractivity contribution in [1.29, 1.82) is 0 Å². The first kappa shape index (κ1) is 23.3. The molecule has 2 aliphatic carbocycles. The Morgan fingerprint density at radius 2 is 1.48 bits per heavy atom. The van der Waals surface area contributed by atoms with Crippen LogP contribution in [0.15, 0.2) is 40.5 Å². The summed E-state index contributed by atoms with van der Waals surface area (Å²) in [6.07, 6.45) is 15.6. The zero-order valence-corrected chi connectivity index (χ0v) is 20.1. The summed E-state index contributed by atoms with van der Waals surface area (Å²) in [5, 5.41) is 13.9. The van der Waals surface area contributed by atoms with Crippen LogP contribution < -0.4 is 0 Å². The summed E-state index contributed by atoms with van der Waals surface area (Å²) in [6, 6.07) is 1.99. The Labute approximate surface area is 187 Å². The predicted octanol–water partition coefficient (Wildman–Crippen LogP) is 7.05. The molecule has 0 fully saturated rings. The zero-order valence-electron chi connectivity index (χ0n) is 20.1. The van der Waals surface area contributed by atoms with Gasteiger partial charge in [0.2, 0.25) is 0 Å². The van der Waals surface area contributed by atoms with Gasteiger partial charge in [0.1, 0.15) is 6.54 Å². The monoisotopic (exact) mass is 422 g/mol. The molecule has 168 valence electrons. The van der Waals surface area contributed by atoms with Crippen molar-refractivity contribution in [2.75, 3.05) is 0 Å². The van der Waals surface area contributed by atoms with E-state index in [1.54, 1.807) is 4.68 Å². The van der Waals surface area contributed by atoms with Crippen molar-refractivity contribution in [2.45, 2.75) is 86.6 Å². The summed E-state index contributed by atoms with van der Waals surface area (Å²) in [4.78, 5) is 11.4. The number of carboxylic acid groups (broad SMARTS) is 1. The molecule has 31 heavy (non-hydrogen) atoms. The van der Waals surface area contributed by atoms with E-state index in [0.29, 0.717) is 0 Å². The van der Waals surface area contributed by atoms with Crippen LogP contribution in [0.5, 0.6) is 0 Å². The lowest BCUT2D eigenvalue weighted by atomic mass is 9.72. The van der Waals surface area contributed by atoms with Crippen LogP contribution in [0, 0.1) is 10.8 Å². The molecule has 0 unspecified atom stereocenters. The summed E-state index contributed by atoms with van der Waals surface area (Å²) in [7, 11) is 0. The normalized spacial score (nSPS) is 21.5. The van der Waals surface area contributed by atoms with E-state index < -0.39 is 5.97 Å². The maximum Gasteiger partial charge on any atom is 0.325 e. The van der Waals surface area contributed by atoms with Crippen molar-refractivity contribution in [2.24, 2.45) is 10.8 Å². The number of carbonyl (C=O) groups is 1. The van der Waals surface area contributed by atoms with Gasteiger partial charge < -0.3 is 5.11 Å². The fourth-order valence-electron chi connectivity index (χ4n) is 5.28. The van der Waals surface area contributed by atoms with Crippen LogP contribution in [0.2, 0.25) is 0 Å². The van der Waals surface area contributed by atoms with Gasteiger partial charge in [-0.1, -0.05) is 51.0 Å². The van der Waals surface area contributed by atoms with E-state index in [9.17, 15) is 9.90 Å². The minimum atomic E-state index is -0.881. The summed E-state index contributed by atoms with van der Waals surface area (Å²) in [6.45, 7) is 13.5. The molecule has 4 heteroatoms. The third kappa shape index (κ3) is 5.47. The highest BCUT2D eigenvalue weighted by Crippen LogP contribution is 2.42. The van der Waals surface area contributed by atoms with E-state index in [2.05, 4.69) is 58.8 Å². The van der Waals surface area contributed by atoms with Gasteiger partial charge >= 0.3 is 5.97 Å². The van der Waals surface area contributed by atoms with E-state index in [1.807, 2.05) is 18.2 Å². The molecule has 1 aromatic rings. The standard InChI is InChI=1S/C27H38N2O2/c1-19-9-7-15-26(3,4)23(19)13-11-21-17-22(29(28-21)18-25(30)31)12-14-24-20(2)10-8-16-27(24,5)6/h11-14,17H,7-10,15-16,18H2,1-6H3,(H,30,31). The number of hydrogen-bond donors (Lipinski definition) is 1. The number of rotatable bonds is 6. The maximum atomic E-state index is 11.4. The van der Waals surface area contributed by atoms with Gasteiger partial charge in [-0.3, -0.25) is 9.48 Å². The van der Waals surface area contributed by atoms with Gasteiger partial charge in [0.05, 0.1) is 11.4 Å². The highest BCUT2D eigenvalue weighted by atomic mass is 16.4. The number of aromatic nitrogens is 2. The van der Waals surface area contributed by atoms with E-state index >= 15 is 0 Å². The Morgan fingerprint density at radius 3 is 1.97 bits per heavy atom. The molecule has 0 saturated heterocycles. The average Bonchev–Trinajstić information content (AvgIpc) is 3.00. The second kappa shape index (κ2) is 9.02. The molecule has 3 rings (SSSR count). The zero-order chi connectivity index (χ0) is 22.8. The Balaban J connectivity index is 1.92. The largest absolute Gasteiger partial charge is 0.480 e. The molecule has 0 radical (unpaired) electrons. The van der Waals surface area contributed by atoms with Crippen molar-refractivity contribution >= 4 is 18.1 Å². The highest BCUT2D eigenvalue weighted by Gasteiger charge is 2.27. The molecule has 0 aliphatic heterocycles. The molecule has 4 nitrogen and oxygen atoms in total. The average molecular weight is 423 g/mol. The quantitative estimate of drug-likeness (QED) is 0.534. The Hall–Kier alpha value is -2.36. The molecule has 1 heterocycles. The van der Waals surface area contributed by atoms with E-state index in [-0.39, 0.29) is 17.4 Å². The second-order valence-corrected chi connectivity index (χ2v) is 10.6. The van der Waals surface area contributed by atoms with E-state index in [1.165, 1.54) is 48.0 Å². The molecule has 0 spiro atoms. The third-order valence-corrected chi connectivity index (χ3v) is 7.04. The number of hydrogen-bond acceptors (Lipinski definition) is 2. The smallest absolute Gasteiger partial charge is 0.325 e. The first-order valence-electron chi connectivity index (χ1n) is 11.6. The predicted molar refractivity (Wildman–Crippen MR) is 129 cm³/mol. The lowest BCUT2D eigenvalue weighted by molar-refractivity contribution is -0.137. The van der Waals surface area contributed by atoms with Crippen LogP contribution >= 0.6 is 0 Å². The van der Waals surface area contributed by atoms with Gasteiger partial charge in [-0.2, -0.15) is 5.10 Å². The van der Waals surface area contributed by atoms with Crippen molar-refractivity contribution < 1.29 is 9.90 Å². The minimum Gasteiger partial charge on any atom is -0.480 e. The molecule has 0 atom stereocenters. The summed E-state index contributed by atoms with van der Waals surface area (Å²) in [5.41, 5.74) is 7.57. The minimum absolute atomic E-state index is 0.137. The number of allylic oxidation sites excluding steroid dienone is 6. The lowest BCUT2D eigenvalue weighted by Gasteiger charge is -2.32. The summed E-state index contributed by atoms with van der Waals surface area (Å²) in [5.74, 6) is -0.881. The van der Waals surface area contributed by atoms with Crippen LogP contribution in [0.4, 0.5) is 0 Å². The van der Waals surface area contributed by atoms with E-state index in [0.717, 1.165) is 24.2 Å². The van der Waals surface area contributed by atoms with Gasteiger partial charge in [0.15, 0.2) is 0 Å². The fourth-order valence-corrected chi connectivity index (χ4v) is 5.28. The van der Waals surface area contributed by atoms with E-state index in [4.69, 9.17) is 0 Å². The Bertz CT molecular complexity index is 967. The molecule has 0 amide bonds. The summed E-state index contributed by atoms with van der Waals surface area (Å²) >= 11 is 0. The van der Waals surface area contributed by atoms with Crippen molar-refractivity contribution in [3.8, 4) is 0 Å². The first-order chi connectivity index (χ1) is 14.5. The van der Waals surface area contributed by atoms with Crippen LogP contribution in [0.25, 0.3) is 12.2 Å². The topological polar surface area (TPSA) is 55.1 Å². The molecule has 0 saturated carbocycles. The molecule has 2 aliphatic rings. The Kier molecular flexibility index (Phi) is 6.78. The molecular formula is C27H38N2O2. The Morgan fingerprint density at radius 1 is 0.968 bits per heavy atom. The molecule has 1 N–H and O–H groups in total. The van der Waals surface area contributed by atoms with Crippen molar-refractivity contribution in [3.05, 3.63) is 51.9 Å². The lowest BCUT2D eigenvalue weighted by Crippen LogP contribution is -2.19. The second-order valence-electron chi connectivity index (χ2n) is 10.6. The summed E-state index contributed by atoms with van der Waals surface area (Å²) < 4.78 is 1.59. The third-order valence-electron chi connectivity index (χ3n) is 7.04. The van der Waals surface area contributed by atoms with Crippen LogP contribution in [0.3, 0.4) is 0 Å². The number of carboxylic acids is 1. The fraction of sp³-hybridized carbons (Fsp3) is 0.556.